The number of nitrogens with zero attached hydrogens (tertiary/aromatic N) is 3. The van der Waals surface area contributed by atoms with Crippen LogP contribution in [0.2, 0.25) is 0 Å². The number of benzene rings is 1. The lowest BCUT2D eigenvalue weighted by Gasteiger charge is -2.13. The maximum atomic E-state index is 12.8. The average molecular weight is 257 g/mol. The predicted molar refractivity (Wildman–Crippen MR) is 57.2 cm³/mol. The molecule has 1 heterocycles. The zero-order valence-electron chi connectivity index (χ0n) is 9.22. The number of halogens is 3. The molecule has 1 N–H and O–H groups in total. The van der Waals surface area contributed by atoms with E-state index in [1.165, 1.54) is 24.4 Å². The first-order valence-corrected chi connectivity index (χ1v) is 5.21. The SMILES string of the molecule is OCCc1cnnn1-c1ccccc1C(F)(F)F. The standard InChI is InChI=1S/C11H10F3N3O/c12-11(13,14)9-3-1-2-4-10(9)17-8(5-6-18)7-15-16-17/h1-4,7,18H,5-6H2. The molecule has 0 spiro atoms. The molecule has 0 bridgehead atoms. The van der Waals surface area contributed by atoms with Crippen molar-refractivity contribution in [2.24, 2.45) is 0 Å². The van der Waals surface area contributed by atoms with Gasteiger partial charge in [0.25, 0.3) is 0 Å². The number of aliphatic hydroxyl groups excluding tert-OH is 1. The summed E-state index contributed by atoms with van der Waals surface area (Å²) in [5.74, 6) is 0. The quantitative estimate of drug-likeness (QED) is 0.912. The van der Waals surface area contributed by atoms with E-state index in [1.807, 2.05) is 0 Å². The van der Waals surface area contributed by atoms with E-state index in [0.717, 1.165) is 10.7 Å². The van der Waals surface area contributed by atoms with Gasteiger partial charge in [-0.05, 0) is 12.1 Å². The lowest BCUT2D eigenvalue weighted by atomic mass is 10.1. The number of aliphatic hydroxyl groups is 1. The van der Waals surface area contributed by atoms with E-state index in [4.69, 9.17) is 5.11 Å². The summed E-state index contributed by atoms with van der Waals surface area (Å²) in [6.07, 6.45) is -2.93. The minimum atomic E-state index is -4.46. The zero-order valence-corrected chi connectivity index (χ0v) is 9.22. The lowest BCUT2D eigenvalue weighted by Crippen LogP contribution is -2.13. The Morgan fingerprint density at radius 1 is 1.22 bits per heavy atom. The van der Waals surface area contributed by atoms with Crippen LogP contribution in [-0.2, 0) is 12.6 Å². The Kier molecular flexibility index (Phi) is 3.33. The monoisotopic (exact) mass is 257 g/mol. The zero-order chi connectivity index (χ0) is 13.2. The van der Waals surface area contributed by atoms with Gasteiger partial charge in [-0.3, -0.25) is 0 Å². The normalized spacial score (nSPS) is 11.8. The Bertz CT molecular complexity index is 536. The molecule has 1 aromatic heterocycles. The number of alkyl halides is 3. The molecule has 0 aliphatic rings. The van der Waals surface area contributed by atoms with Crippen molar-refractivity contribution in [1.82, 2.24) is 15.0 Å². The molecule has 0 fully saturated rings. The Morgan fingerprint density at radius 2 is 1.94 bits per heavy atom. The van der Waals surface area contributed by atoms with Crippen molar-refractivity contribution >= 4 is 0 Å². The molecule has 1 aromatic carbocycles. The van der Waals surface area contributed by atoms with Gasteiger partial charge in [-0.2, -0.15) is 13.2 Å². The van der Waals surface area contributed by atoms with E-state index >= 15 is 0 Å². The summed E-state index contributed by atoms with van der Waals surface area (Å²) in [6, 6.07) is 5.11. The lowest BCUT2D eigenvalue weighted by molar-refractivity contribution is -0.137. The van der Waals surface area contributed by atoms with Crippen LogP contribution in [-0.4, -0.2) is 26.7 Å². The average Bonchev–Trinajstić information content (AvgIpc) is 2.77. The third-order valence-corrected chi connectivity index (χ3v) is 2.43. The second-order valence-corrected chi connectivity index (χ2v) is 3.63. The minimum absolute atomic E-state index is 0.0917. The van der Waals surface area contributed by atoms with Gasteiger partial charge in [0.1, 0.15) is 0 Å². The van der Waals surface area contributed by atoms with Gasteiger partial charge in [-0.25, -0.2) is 4.68 Å². The highest BCUT2D eigenvalue weighted by Crippen LogP contribution is 2.33. The summed E-state index contributed by atoms with van der Waals surface area (Å²) in [5, 5.41) is 16.1. The molecule has 0 saturated heterocycles. The molecule has 0 aliphatic carbocycles. The summed E-state index contributed by atoms with van der Waals surface area (Å²) in [6.45, 7) is -0.179. The Balaban J connectivity index is 2.54. The van der Waals surface area contributed by atoms with Crippen LogP contribution in [0, 0.1) is 0 Å². The topological polar surface area (TPSA) is 50.9 Å². The molecule has 7 heteroatoms. The largest absolute Gasteiger partial charge is 0.418 e. The van der Waals surface area contributed by atoms with Gasteiger partial charge < -0.3 is 5.11 Å². The van der Waals surface area contributed by atoms with Crippen molar-refractivity contribution in [2.75, 3.05) is 6.61 Å². The van der Waals surface area contributed by atoms with E-state index in [1.54, 1.807) is 0 Å². The molecule has 18 heavy (non-hydrogen) atoms. The molecule has 0 atom stereocenters. The van der Waals surface area contributed by atoms with E-state index < -0.39 is 11.7 Å². The number of rotatable bonds is 3. The molecule has 96 valence electrons. The van der Waals surface area contributed by atoms with E-state index in [-0.39, 0.29) is 18.7 Å². The molecule has 0 saturated carbocycles. The van der Waals surface area contributed by atoms with Crippen molar-refractivity contribution in [3.63, 3.8) is 0 Å². The molecule has 2 aromatic rings. The summed E-state index contributed by atoms with van der Waals surface area (Å²) in [5.41, 5.74) is -0.449. The molecule has 0 radical (unpaired) electrons. The van der Waals surface area contributed by atoms with Crippen LogP contribution in [0.4, 0.5) is 13.2 Å². The third-order valence-electron chi connectivity index (χ3n) is 2.43. The second-order valence-electron chi connectivity index (χ2n) is 3.63. The number of hydrogen-bond acceptors (Lipinski definition) is 3. The first kappa shape index (κ1) is 12.6. The highest BCUT2D eigenvalue weighted by atomic mass is 19.4. The van der Waals surface area contributed by atoms with Gasteiger partial charge in [0.15, 0.2) is 0 Å². The Labute approximate surface area is 101 Å². The van der Waals surface area contributed by atoms with Crippen LogP contribution in [0.15, 0.2) is 30.5 Å². The number of hydrogen-bond donors (Lipinski definition) is 1. The van der Waals surface area contributed by atoms with Gasteiger partial charge in [0.05, 0.1) is 23.1 Å². The highest BCUT2D eigenvalue weighted by molar-refractivity contribution is 5.42. The van der Waals surface area contributed by atoms with Gasteiger partial charge in [0.2, 0.25) is 0 Å². The Hall–Kier alpha value is -1.89. The maximum absolute atomic E-state index is 12.8. The third kappa shape index (κ3) is 2.35. The molecule has 4 nitrogen and oxygen atoms in total. The second kappa shape index (κ2) is 4.77. The highest BCUT2D eigenvalue weighted by Gasteiger charge is 2.34. The van der Waals surface area contributed by atoms with Crippen LogP contribution in [0.25, 0.3) is 5.69 Å². The smallest absolute Gasteiger partial charge is 0.396 e. The molecule has 0 amide bonds. The summed E-state index contributed by atoms with van der Waals surface area (Å²) in [7, 11) is 0. The first-order valence-electron chi connectivity index (χ1n) is 5.21. The van der Waals surface area contributed by atoms with Crippen molar-refractivity contribution in [3.8, 4) is 5.69 Å². The minimum Gasteiger partial charge on any atom is -0.396 e. The van der Waals surface area contributed by atoms with Crippen molar-refractivity contribution in [1.29, 1.82) is 0 Å². The fourth-order valence-electron chi connectivity index (χ4n) is 1.64. The summed E-state index contributed by atoms with van der Waals surface area (Å²) in [4.78, 5) is 0. The number of aromatic nitrogens is 3. The van der Waals surface area contributed by atoms with Crippen LogP contribution in [0.5, 0.6) is 0 Å². The van der Waals surface area contributed by atoms with Gasteiger partial charge in [-0.15, -0.1) is 5.10 Å². The molecular weight excluding hydrogens is 247 g/mol. The van der Waals surface area contributed by atoms with Crippen LogP contribution < -0.4 is 0 Å². The summed E-state index contributed by atoms with van der Waals surface area (Å²) < 4.78 is 39.6. The first-order chi connectivity index (χ1) is 8.54. The Morgan fingerprint density at radius 3 is 2.61 bits per heavy atom. The van der Waals surface area contributed by atoms with Gasteiger partial charge >= 0.3 is 6.18 Å². The van der Waals surface area contributed by atoms with Crippen LogP contribution in [0.1, 0.15) is 11.3 Å². The van der Waals surface area contributed by atoms with E-state index in [0.29, 0.717) is 5.69 Å². The van der Waals surface area contributed by atoms with Crippen molar-refractivity contribution < 1.29 is 18.3 Å². The number of para-hydroxylation sites is 1. The van der Waals surface area contributed by atoms with Crippen molar-refractivity contribution in [2.45, 2.75) is 12.6 Å². The van der Waals surface area contributed by atoms with E-state index in [9.17, 15) is 13.2 Å². The molecule has 0 aliphatic heterocycles. The molecular formula is C11H10F3N3O. The predicted octanol–water partition coefficient (Wildman–Crippen LogP) is 1.82. The van der Waals surface area contributed by atoms with E-state index in [2.05, 4.69) is 10.3 Å². The fraction of sp³-hybridized carbons (Fsp3) is 0.273. The van der Waals surface area contributed by atoms with Crippen LogP contribution in [0.3, 0.4) is 0 Å². The maximum Gasteiger partial charge on any atom is 0.418 e. The molecule has 2 rings (SSSR count). The molecule has 0 unspecified atom stereocenters. The fourth-order valence-corrected chi connectivity index (χ4v) is 1.64. The van der Waals surface area contributed by atoms with Gasteiger partial charge in [0, 0.05) is 13.0 Å². The van der Waals surface area contributed by atoms with Gasteiger partial charge in [-0.1, -0.05) is 17.3 Å². The van der Waals surface area contributed by atoms with Crippen molar-refractivity contribution in [3.05, 3.63) is 41.7 Å². The van der Waals surface area contributed by atoms with Crippen LogP contribution >= 0.6 is 0 Å². The summed E-state index contributed by atoms with van der Waals surface area (Å²) >= 11 is 0.